The molecule has 3 nitrogen and oxygen atoms in total. The van der Waals surface area contributed by atoms with Crippen LogP contribution in [0.15, 0.2) is 11.6 Å². The molecule has 2 N–H and O–H groups in total. The van der Waals surface area contributed by atoms with E-state index in [0.29, 0.717) is 25.7 Å². The Morgan fingerprint density at radius 1 is 1.32 bits per heavy atom. The largest absolute Gasteiger partial charge is 0.393 e. The second-order valence-corrected chi connectivity index (χ2v) is 7.76. The quantitative estimate of drug-likeness (QED) is 0.723. The second kappa shape index (κ2) is 4.67. The van der Waals surface area contributed by atoms with Crippen molar-refractivity contribution in [2.24, 2.45) is 28.6 Å². The Morgan fingerprint density at radius 2 is 2.09 bits per heavy atom. The molecule has 122 valence electrons. The molecular formula is C19H28O3. The van der Waals surface area contributed by atoms with Gasteiger partial charge in [0, 0.05) is 13.2 Å². The number of aliphatic hydroxyl groups excluding tert-OH is 1. The minimum Gasteiger partial charge on any atom is -0.393 e. The van der Waals surface area contributed by atoms with Crippen LogP contribution in [0, 0.1) is 28.6 Å². The molecule has 8 atom stereocenters. The van der Waals surface area contributed by atoms with Gasteiger partial charge in [-0.1, -0.05) is 13.8 Å². The maximum atomic E-state index is 12.5. The Labute approximate surface area is 142 Å². The van der Waals surface area contributed by atoms with Crippen LogP contribution in [0.5, 0.6) is 0 Å². The van der Waals surface area contributed by atoms with Gasteiger partial charge in [-0.15, -0.1) is 0 Å². The zero-order valence-electron chi connectivity index (χ0n) is 20.0. The Hall–Kier alpha value is -0.670. The lowest BCUT2D eigenvalue weighted by molar-refractivity contribution is -0.120. The minimum absolute atomic E-state index is 0.220. The van der Waals surface area contributed by atoms with Gasteiger partial charge in [-0.05, 0) is 78.7 Å². The third-order valence-corrected chi connectivity index (χ3v) is 6.82. The van der Waals surface area contributed by atoms with Crippen molar-refractivity contribution < 1.29 is 24.6 Å². The first-order valence-corrected chi connectivity index (χ1v) is 8.17. The molecule has 3 heteroatoms. The zero-order valence-corrected chi connectivity index (χ0v) is 13.0. The molecule has 0 amide bonds. The van der Waals surface area contributed by atoms with Crippen LogP contribution in [-0.2, 0) is 4.79 Å². The number of aliphatic hydroxyl groups is 2. The number of carbonyl (C=O) groups excluding carboxylic acids is 1. The lowest BCUT2D eigenvalue weighted by Gasteiger charge is -2.58. The smallest absolute Gasteiger partial charge is 0.155 e. The summed E-state index contributed by atoms with van der Waals surface area (Å²) in [5, 5.41) is 21.7. The number of hydrogen-bond donors (Lipinski definition) is 2. The molecule has 0 heterocycles. The summed E-state index contributed by atoms with van der Waals surface area (Å²) in [5.74, 6) is -2.87. The molecule has 0 spiro atoms. The Balaban J connectivity index is 1.99. The predicted molar refractivity (Wildman–Crippen MR) is 84.1 cm³/mol. The highest BCUT2D eigenvalue weighted by molar-refractivity contribution is 5.91. The summed E-state index contributed by atoms with van der Waals surface area (Å²) < 4.78 is 59.2. The van der Waals surface area contributed by atoms with E-state index < -0.39 is 71.4 Å². The molecule has 22 heavy (non-hydrogen) atoms. The van der Waals surface area contributed by atoms with E-state index in [4.69, 9.17) is 9.60 Å². The first kappa shape index (κ1) is 8.98. The van der Waals surface area contributed by atoms with Crippen LogP contribution in [0.2, 0.25) is 0 Å². The summed E-state index contributed by atoms with van der Waals surface area (Å²) in [7, 11) is 0. The highest BCUT2D eigenvalue weighted by Gasteiger charge is 2.60. The highest BCUT2D eigenvalue weighted by Crippen LogP contribution is 2.65. The van der Waals surface area contributed by atoms with Crippen LogP contribution in [-0.4, -0.2) is 28.2 Å². The van der Waals surface area contributed by atoms with Gasteiger partial charge in [0.2, 0.25) is 0 Å². The normalized spacial score (nSPS) is 70.6. The lowest BCUT2D eigenvalue weighted by Crippen LogP contribution is -2.54. The SMILES string of the molecule is [2H]C1=C2[C@]([2H])(O)C([2H])[C@H]3[C@@H]4CC[C@H](O)[C@@]4(C)CC[C@@H]3[C@@]2(C)C([2H])([2H])C([2H])([2H])C1=O. The molecule has 0 aromatic heterocycles. The molecule has 4 rings (SSSR count). The van der Waals surface area contributed by atoms with Gasteiger partial charge >= 0.3 is 0 Å². The molecule has 3 fully saturated rings. The summed E-state index contributed by atoms with van der Waals surface area (Å²) in [6.45, 7) is 3.35. The molecule has 4 aliphatic carbocycles. The molecule has 1 unspecified atom stereocenters. The second-order valence-electron chi connectivity index (χ2n) is 7.76. The predicted octanol–water partition coefficient (Wildman–Crippen LogP) is 2.85. The average molecular weight is 311 g/mol. The number of rotatable bonds is 0. The van der Waals surface area contributed by atoms with Gasteiger partial charge in [0.1, 0.15) is 0 Å². The third kappa shape index (κ3) is 1.78. The Kier molecular flexibility index (Phi) is 1.91. The first-order chi connectivity index (χ1) is 13.1. The molecule has 4 aliphatic rings. The first-order valence-electron chi connectivity index (χ1n) is 11.7. The van der Waals surface area contributed by atoms with E-state index in [0.717, 1.165) is 0 Å². The fourth-order valence-corrected chi connectivity index (χ4v) is 5.47. The summed E-state index contributed by atoms with van der Waals surface area (Å²) in [6, 6.07) is -0.874. The highest BCUT2D eigenvalue weighted by atomic mass is 16.3. The van der Waals surface area contributed by atoms with Crippen LogP contribution >= 0.6 is 0 Å². The van der Waals surface area contributed by atoms with Gasteiger partial charge in [0.15, 0.2) is 5.78 Å². The van der Waals surface area contributed by atoms with Gasteiger partial charge in [-0.2, -0.15) is 0 Å². The molecule has 0 aliphatic heterocycles. The van der Waals surface area contributed by atoms with E-state index in [1.165, 1.54) is 6.92 Å². The van der Waals surface area contributed by atoms with Gasteiger partial charge in [0.05, 0.1) is 14.9 Å². The molecule has 0 radical (unpaired) electrons. The van der Waals surface area contributed by atoms with E-state index in [2.05, 4.69) is 0 Å². The van der Waals surface area contributed by atoms with Crippen LogP contribution in [0.1, 0.15) is 68.3 Å². The van der Waals surface area contributed by atoms with Crippen molar-refractivity contribution in [3.8, 4) is 0 Å². The van der Waals surface area contributed by atoms with Crippen molar-refractivity contribution in [2.45, 2.75) is 70.9 Å². The van der Waals surface area contributed by atoms with Crippen molar-refractivity contribution in [3.63, 3.8) is 0 Å². The minimum atomic E-state index is -2.98. The summed E-state index contributed by atoms with van der Waals surface area (Å²) in [4.78, 5) is 12.5. The monoisotopic (exact) mass is 311 g/mol. The lowest BCUT2D eigenvalue weighted by atomic mass is 9.47. The van der Waals surface area contributed by atoms with Crippen LogP contribution in [0.3, 0.4) is 0 Å². The van der Waals surface area contributed by atoms with E-state index in [-0.39, 0.29) is 5.92 Å². The fourth-order valence-electron chi connectivity index (χ4n) is 5.47. The maximum absolute atomic E-state index is 12.5. The fraction of sp³-hybridized carbons (Fsp3) is 0.842. The van der Waals surface area contributed by atoms with Crippen molar-refractivity contribution in [3.05, 3.63) is 11.6 Å². The van der Waals surface area contributed by atoms with E-state index in [9.17, 15) is 15.0 Å². The number of carbonyl (C=O) groups is 1. The van der Waals surface area contributed by atoms with Gasteiger partial charge in [0.25, 0.3) is 0 Å². The van der Waals surface area contributed by atoms with Crippen LogP contribution in [0.4, 0.5) is 0 Å². The van der Waals surface area contributed by atoms with Crippen LogP contribution < -0.4 is 0 Å². The standard InChI is InChI=1S/C19H28O3/c1-18-7-5-11(20)9-15(18)16(21)10-12-13-3-4-17(22)19(13,2)8-6-14(12)18/h9,12-14,16-17,21-22H,3-8,10H2,1-2H3/t12-,13-,14-,16+,17-,18+,19-/m0/s1/i5D2,7D2,9D,10D,16D/t10?,12-,13-,14-,16+,17-,18+,19-. The molecule has 0 saturated heterocycles. The summed E-state index contributed by atoms with van der Waals surface area (Å²) in [6.07, 6.45) is -8.38. The summed E-state index contributed by atoms with van der Waals surface area (Å²) >= 11 is 0. The van der Waals surface area contributed by atoms with E-state index >= 15 is 0 Å². The van der Waals surface area contributed by atoms with Crippen molar-refractivity contribution in [2.75, 3.05) is 0 Å². The average Bonchev–Trinajstić information content (AvgIpc) is 2.92. The van der Waals surface area contributed by atoms with E-state index in [1.54, 1.807) is 0 Å². The Morgan fingerprint density at radius 3 is 2.86 bits per heavy atom. The van der Waals surface area contributed by atoms with Gasteiger partial charge in [-0.3, -0.25) is 4.79 Å². The van der Waals surface area contributed by atoms with Crippen LogP contribution in [0.25, 0.3) is 0 Å². The number of hydrogen-bond acceptors (Lipinski definition) is 3. The molecule has 0 bridgehead atoms. The molecular weight excluding hydrogens is 276 g/mol. The maximum Gasteiger partial charge on any atom is 0.155 e. The molecule has 3 saturated carbocycles. The van der Waals surface area contributed by atoms with Crippen molar-refractivity contribution in [1.29, 1.82) is 0 Å². The van der Waals surface area contributed by atoms with Gasteiger partial charge < -0.3 is 10.2 Å². The zero-order chi connectivity index (χ0) is 21.9. The van der Waals surface area contributed by atoms with Crippen molar-refractivity contribution in [1.82, 2.24) is 0 Å². The number of fused-ring (bicyclic) bond motifs is 5. The number of ketones is 1. The van der Waals surface area contributed by atoms with E-state index in [1.807, 2.05) is 6.92 Å². The topological polar surface area (TPSA) is 57.5 Å². The van der Waals surface area contributed by atoms with Crippen molar-refractivity contribution >= 4 is 5.78 Å². The third-order valence-electron chi connectivity index (χ3n) is 6.82. The molecule has 0 aromatic rings. The Bertz CT molecular complexity index is 810. The van der Waals surface area contributed by atoms with Gasteiger partial charge in [-0.25, -0.2) is 0 Å². The molecule has 0 aromatic carbocycles. The summed E-state index contributed by atoms with van der Waals surface area (Å²) in [5.41, 5.74) is -2.75.